The van der Waals surface area contributed by atoms with Crippen LogP contribution in [0.1, 0.15) is 48.9 Å². The fraction of sp³-hybridized carbons (Fsp3) is 0.286. The molecule has 0 nitrogen and oxygen atoms in total. The monoisotopic (exact) mass is 578 g/mol. The molecule has 0 bridgehead atoms. The van der Waals surface area contributed by atoms with E-state index in [1.807, 2.05) is 0 Å². The first-order chi connectivity index (χ1) is 14.1. The summed E-state index contributed by atoms with van der Waals surface area (Å²) < 4.78 is 8.92. The van der Waals surface area contributed by atoms with Gasteiger partial charge in [-0.25, -0.2) is 0 Å². The minimum absolute atomic E-state index is 1.14. The van der Waals surface area contributed by atoms with E-state index in [0.717, 1.165) is 12.8 Å². The first-order valence-corrected chi connectivity index (χ1v) is 30.2. The number of rotatable bonds is 4. The van der Waals surface area contributed by atoms with Crippen molar-refractivity contribution in [3.63, 3.8) is 0 Å². The van der Waals surface area contributed by atoms with Gasteiger partial charge in [0.2, 0.25) is 0 Å². The molecule has 2 aliphatic rings. The van der Waals surface area contributed by atoms with E-state index in [0.29, 0.717) is 0 Å². The Morgan fingerprint density at radius 1 is 0.600 bits per heavy atom. The molecule has 0 unspecified atom stereocenters. The van der Waals surface area contributed by atoms with Crippen LogP contribution >= 0.6 is 0 Å². The van der Waals surface area contributed by atoms with Crippen LogP contribution in [-0.4, -0.2) is 6.94 Å². The van der Waals surface area contributed by atoms with E-state index < -0.39 is 17.1 Å². The predicted octanol–water partition coefficient (Wildman–Crippen LogP) is 7.46. The Kier molecular flexibility index (Phi) is 5.47. The van der Waals surface area contributed by atoms with Crippen LogP contribution in [-0.2, 0) is 17.1 Å². The second kappa shape index (κ2) is 7.57. The Bertz CT molecular complexity index is 1110. The number of aryl methyl sites for hydroxylation is 2. The van der Waals surface area contributed by atoms with Gasteiger partial charge in [-0.3, -0.25) is 0 Å². The zero-order valence-corrected chi connectivity index (χ0v) is 24.4. The molecule has 0 spiro atoms. The van der Waals surface area contributed by atoms with Crippen molar-refractivity contribution in [2.45, 2.75) is 49.9 Å². The molecule has 0 aromatic heterocycles. The van der Waals surface area contributed by atoms with Crippen LogP contribution in [0.3, 0.4) is 0 Å². The molecule has 0 saturated heterocycles. The van der Waals surface area contributed by atoms with E-state index in [-0.39, 0.29) is 0 Å². The molecule has 154 valence electrons. The fourth-order valence-electron chi connectivity index (χ4n) is 5.52. The van der Waals surface area contributed by atoms with Gasteiger partial charge in [0, 0.05) is 0 Å². The molecule has 0 fully saturated rings. The zero-order valence-electron chi connectivity index (χ0n) is 19.4. The Morgan fingerprint density at radius 3 is 1.27 bits per heavy atom. The average Bonchev–Trinajstić information content (AvgIpc) is 3.27. The molecular formula is C28H34HfSi. The van der Waals surface area contributed by atoms with Crippen LogP contribution < -0.4 is 0 Å². The van der Waals surface area contributed by atoms with E-state index in [1.165, 1.54) is 33.4 Å². The Labute approximate surface area is 185 Å². The van der Waals surface area contributed by atoms with Crippen molar-refractivity contribution < 1.29 is 17.1 Å². The van der Waals surface area contributed by atoms with Gasteiger partial charge in [-0.1, -0.05) is 0 Å². The number of hydrogen-bond acceptors (Lipinski definition) is 0. The summed E-state index contributed by atoms with van der Waals surface area (Å²) in [6.45, 7) is 11.5. The predicted molar refractivity (Wildman–Crippen MR) is 133 cm³/mol. The van der Waals surface area contributed by atoms with Gasteiger partial charge in [-0.05, 0) is 0 Å². The van der Waals surface area contributed by atoms with Crippen molar-refractivity contribution in [2.24, 2.45) is 0 Å². The topological polar surface area (TPSA) is 0 Å². The molecule has 0 radical (unpaired) electrons. The second-order valence-electron chi connectivity index (χ2n) is 10.3. The Balaban J connectivity index is 1.74. The van der Waals surface area contributed by atoms with Crippen molar-refractivity contribution in [3.05, 3.63) is 101 Å². The van der Waals surface area contributed by atoms with Crippen LogP contribution in [0.2, 0.25) is 9.36 Å². The summed E-state index contributed by atoms with van der Waals surface area (Å²) in [5, 5.41) is 0. The van der Waals surface area contributed by atoms with Gasteiger partial charge in [0.25, 0.3) is 0 Å². The van der Waals surface area contributed by atoms with Crippen molar-refractivity contribution in [3.8, 4) is 0 Å². The first kappa shape index (κ1) is 21.7. The van der Waals surface area contributed by atoms with E-state index >= 15 is 0 Å². The molecule has 0 saturated carbocycles. The maximum atomic E-state index is 2.67. The average molecular weight is 577 g/mol. The van der Waals surface area contributed by atoms with Crippen LogP contribution in [0.5, 0.6) is 0 Å². The summed E-state index contributed by atoms with van der Waals surface area (Å²) in [5.41, 5.74) is 11.4. The van der Waals surface area contributed by atoms with Gasteiger partial charge in [-0.2, -0.15) is 0 Å². The fourth-order valence-corrected chi connectivity index (χ4v) is 28.6. The number of hydrogen-bond donors (Lipinski definition) is 0. The van der Waals surface area contributed by atoms with Crippen molar-refractivity contribution in [2.75, 3.05) is 0 Å². The summed E-state index contributed by atoms with van der Waals surface area (Å²) in [6, 6.07) is 18.1. The van der Waals surface area contributed by atoms with Crippen molar-refractivity contribution in [1.29, 1.82) is 0 Å². The number of benzene rings is 2. The van der Waals surface area contributed by atoms with Gasteiger partial charge in [-0.15, -0.1) is 0 Å². The van der Waals surface area contributed by atoms with Crippen molar-refractivity contribution >= 4 is 18.1 Å². The van der Waals surface area contributed by atoms with E-state index in [1.54, 1.807) is 17.8 Å². The van der Waals surface area contributed by atoms with Gasteiger partial charge in [0.05, 0.1) is 0 Å². The van der Waals surface area contributed by atoms with Crippen LogP contribution in [0, 0.1) is 13.8 Å². The SMILES string of the molecule is CC1=[C]([Hf]([CH3])([CH3])(=[SiH2])[C]2=C(C)C(c3ccc(C)cc3)=CC2)CC=C1c1ccc(C)cc1. The third-order valence-corrected chi connectivity index (χ3v) is 32.5. The van der Waals surface area contributed by atoms with Crippen molar-refractivity contribution in [1.82, 2.24) is 0 Å². The Morgan fingerprint density at radius 2 is 0.933 bits per heavy atom. The third-order valence-electron chi connectivity index (χ3n) is 7.39. The molecule has 2 aromatic rings. The van der Waals surface area contributed by atoms with E-state index in [2.05, 4.69) is 105 Å². The van der Waals surface area contributed by atoms with Crippen LogP contribution in [0.4, 0.5) is 0 Å². The third kappa shape index (κ3) is 3.67. The standard InChI is InChI=1S/2C13H13.2CH3.Hf.H2Si/c2*1-10-6-8-12(9-7-10)13-5-3-4-11(13)2;;;;/h2*5-9H,3H2,1-2H3;2*1H3;;1H2. The molecule has 30 heavy (non-hydrogen) atoms. The van der Waals surface area contributed by atoms with Crippen LogP contribution in [0.25, 0.3) is 11.1 Å². The quantitative estimate of drug-likeness (QED) is 0.331. The van der Waals surface area contributed by atoms with E-state index in [9.17, 15) is 0 Å². The molecule has 0 aliphatic heterocycles. The minimum atomic E-state index is -3.36. The van der Waals surface area contributed by atoms with Gasteiger partial charge < -0.3 is 0 Å². The molecule has 0 N–H and O–H groups in total. The van der Waals surface area contributed by atoms with Gasteiger partial charge in [0.15, 0.2) is 0 Å². The summed E-state index contributed by atoms with van der Waals surface area (Å²) in [5.74, 6) is 0. The normalized spacial score (nSPS) is 17.6. The zero-order chi connectivity index (χ0) is 21.7. The first-order valence-electron chi connectivity index (χ1n) is 11.1. The second-order valence-corrected chi connectivity index (χ2v) is 51.3. The summed E-state index contributed by atoms with van der Waals surface area (Å²) >= 11 is -3.36. The Hall–Kier alpha value is -1.51. The molecular weight excluding hydrogens is 543 g/mol. The molecule has 2 aromatic carbocycles. The maximum absolute atomic E-state index is 3.36. The van der Waals surface area contributed by atoms with Crippen LogP contribution in [0.15, 0.2) is 78.5 Å². The summed E-state index contributed by atoms with van der Waals surface area (Å²) in [6.07, 6.45) is 7.26. The molecule has 2 aliphatic carbocycles. The molecule has 0 amide bonds. The molecule has 0 heterocycles. The van der Waals surface area contributed by atoms with Gasteiger partial charge in [0.1, 0.15) is 0 Å². The molecule has 4 rings (SSSR count). The summed E-state index contributed by atoms with van der Waals surface area (Å²) in [4.78, 5) is 0. The van der Waals surface area contributed by atoms with Gasteiger partial charge >= 0.3 is 186 Å². The van der Waals surface area contributed by atoms with E-state index in [4.69, 9.17) is 0 Å². The molecule has 0 atom stereocenters. The number of allylic oxidation sites excluding steroid dienone is 8. The molecule has 2 heteroatoms. The summed E-state index contributed by atoms with van der Waals surface area (Å²) in [7, 11) is 0.